The summed E-state index contributed by atoms with van der Waals surface area (Å²) in [5.74, 6) is 3.56. The monoisotopic (exact) mass is 507 g/mol. The Morgan fingerprint density at radius 3 is 1.62 bits per heavy atom. The van der Waals surface area contributed by atoms with E-state index in [-0.39, 0.29) is 32.9 Å². The van der Waals surface area contributed by atoms with Crippen LogP contribution in [-0.4, -0.2) is 73.1 Å². The summed E-state index contributed by atoms with van der Waals surface area (Å²) in [6, 6.07) is 22.0. The molecule has 0 radical (unpaired) electrons. The van der Waals surface area contributed by atoms with Gasteiger partial charge >= 0.3 is 0 Å². The molecule has 37 heavy (non-hydrogen) atoms. The Kier molecular flexibility index (Phi) is 6.42. The highest BCUT2D eigenvalue weighted by Crippen LogP contribution is 2.38. The van der Waals surface area contributed by atoms with Gasteiger partial charge in [0.25, 0.3) is 0 Å². The summed E-state index contributed by atoms with van der Waals surface area (Å²) < 4.78 is 35.8. The molecule has 3 aromatic rings. The average molecular weight is 508 g/mol. The van der Waals surface area contributed by atoms with E-state index in [0.29, 0.717) is 34.5 Å². The maximum atomic E-state index is 12.1. The van der Waals surface area contributed by atoms with Crippen molar-refractivity contribution in [3.05, 3.63) is 72.8 Å². The second-order valence-electron chi connectivity index (χ2n) is 9.33. The summed E-state index contributed by atoms with van der Waals surface area (Å²) in [7, 11) is 0. The van der Waals surface area contributed by atoms with Gasteiger partial charge in [-0.15, -0.1) is 0 Å². The highest BCUT2D eigenvalue weighted by molar-refractivity contribution is 5.43. The summed E-state index contributed by atoms with van der Waals surface area (Å²) >= 11 is 0. The third-order valence-corrected chi connectivity index (χ3v) is 6.85. The van der Waals surface area contributed by atoms with Gasteiger partial charge in [0.15, 0.2) is 58.4 Å². The van der Waals surface area contributed by atoms with Gasteiger partial charge in [-0.05, 0) is 36.4 Å². The van der Waals surface area contributed by atoms with Crippen molar-refractivity contribution in [2.24, 2.45) is 0 Å². The number of fused-ring (bicyclic) bond motifs is 3. The number of hydrogen-bond donors (Lipinski definition) is 3. The van der Waals surface area contributed by atoms with E-state index in [4.69, 9.17) is 28.4 Å². The topological polar surface area (TPSA) is 108 Å². The molecule has 6 rings (SSSR count). The third kappa shape index (κ3) is 4.73. The van der Waals surface area contributed by atoms with E-state index in [0.717, 1.165) is 0 Å². The zero-order valence-electron chi connectivity index (χ0n) is 20.1. The smallest absolute Gasteiger partial charge is 0.166 e. The predicted octanol–water partition coefficient (Wildman–Crippen LogP) is 2.19. The van der Waals surface area contributed by atoms with E-state index >= 15 is 0 Å². The Morgan fingerprint density at radius 1 is 0.676 bits per heavy atom. The Balaban J connectivity index is 1.16. The van der Waals surface area contributed by atoms with Crippen molar-refractivity contribution in [1.29, 1.82) is 0 Å². The van der Waals surface area contributed by atoms with E-state index < -0.39 is 30.0 Å². The standard InChI is InChI=1S/C28H29NO8/c30-18(25-14-32-19-7-1-4-10-22(19)35-25)13-29-17-28(31,26-15-33-20-8-2-5-11-23(20)36-26)27-16-34-21-9-3-6-12-24(21)37-27/h1-12,18,25-27,29-31H,13-17H2/t18-,25+,26-,27+,28?/m1/s1. The SMILES string of the molecule is O[C@H](CNCC(O)([C@@H]1COc2ccccc2O1)[C@H]1COc2ccccc2O1)[C@@H]1COc2ccccc2O1. The molecule has 0 amide bonds. The van der Waals surface area contributed by atoms with Crippen molar-refractivity contribution in [3.63, 3.8) is 0 Å². The molecule has 3 aromatic carbocycles. The highest BCUT2D eigenvalue weighted by Gasteiger charge is 2.51. The number of rotatable bonds is 7. The van der Waals surface area contributed by atoms with Crippen LogP contribution in [-0.2, 0) is 0 Å². The Hall–Kier alpha value is -3.66. The molecular formula is C28H29NO8. The van der Waals surface area contributed by atoms with E-state index in [1.165, 1.54) is 0 Å². The highest BCUT2D eigenvalue weighted by atomic mass is 16.6. The number of aliphatic hydroxyl groups excluding tert-OH is 1. The molecule has 0 spiro atoms. The normalized spacial score (nSPS) is 24.0. The van der Waals surface area contributed by atoms with Gasteiger partial charge in [0.1, 0.15) is 25.9 Å². The average Bonchev–Trinajstić information content (AvgIpc) is 2.96. The second kappa shape index (κ2) is 10.0. The third-order valence-electron chi connectivity index (χ3n) is 6.85. The van der Waals surface area contributed by atoms with Gasteiger partial charge in [0, 0.05) is 13.1 Å². The summed E-state index contributed by atoms with van der Waals surface area (Å²) in [6.45, 7) is 0.648. The van der Waals surface area contributed by atoms with Gasteiger partial charge in [-0.3, -0.25) is 0 Å². The number of aliphatic hydroxyl groups is 2. The maximum Gasteiger partial charge on any atom is 0.166 e. The number of nitrogens with one attached hydrogen (secondary N) is 1. The van der Waals surface area contributed by atoms with Crippen LogP contribution >= 0.6 is 0 Å². The van der Waals surface area contributed by atoms with Crippen LogP contribution in [0.1, 0.15) is 0 Å². The summed E-state index contributed by atoms with van der Waals surface area (Å²) in [5, 5.41) is 26.1. The van der Waals surface area contributed by atoms with Gasteiger partial charge in [-0.2, -0.15) is 0 Å². The fourth-order valence-corrected chi connectivity index (χ4v) is 4.74. The molecule has 5 atom stereocenters. The minimum Gasteiger partial charge on any atom is -0.486 e. The minimum absolute atomic E-state index is 0.0423. The van der Waals surface area contributed by atoms with Gasteiger partial charge in [-0.1, -0.05) is 36.4 Å². The summed E-state index contributed by atoms with van der Waals surface area (Å²) in [4.78, 5) is 0. The Labute approximate surface area is 214 Å². The molecular weight excluding hydrogens is 478 g/mol. The van der Waals surface area contributed by atoms with Crippen molar-refractivity contribution >= 4 is 0 Å². The number of hydrogen-bond acceptors (Lipinski definition) is 9. The lowest BCUT2D eigenvalue weighted by atomic mass is 9.89. The molecule has 0 aromatic heterocycles. The molecule has 3 heterocycles. The van der Waals surface area contributed by atoms with Crippen molar-refractivity contribution in [1.82, 2.24) is 5.32 Å². The van der Waals surface area contributed by atoms with Crippen molar-refractivity contribution in [2.75, 3.05) is 32.9 Å². The molecule has 0 saturated carbocycles. The number of para-hydroxylation sites is 6. The maximum absolute atomic E-state index is 12.1. The Morgan fingerprint density at radius 2 is 1.11 bits per heavy atom. The van der Waals surface area contributed by atoms with E-state index in [1.54, 1.807) is 18.2 Å². The van der Waals surface area contributed by atoms with E-state index in [2.05, 4.69) is 5.32 Å². The first-order chi connectivity index (χ1) is 18.1. The molecule has 3 N–H and O–H groups in total. The van der Waals surface area contributed by atoms with Crippen molar-refractivity contribution in [3.8, 4) is 34.5 Å². The number of benzene rings is 3. The van der Waals surface area contributed by atoms with E-state index in [9.17, 15) is 10.2 Å². The molecule has 0 fully saturated rings. The van der Waals surface area contributed by atoms with Crippen LogP contribution in [0.2, 0.25) is 0 Å². The largest absolute Gasteiger partial charge is 0.486 e. The van der Waals surface area contributed by atoms with Crippen LogP contribution in [0.15, 0.2) is 72.8 Å². The summed E-state index contributed by atoms with van der Waals surface area (Å²) in [6.07, 6.45) is -2.96. The molecule has 194 valence electrons. The first-order valence-electron chi connectivity index (χ1n) is 12.4. The summed E-state index contributed by atoms with van der Waals surface area (Å²) in [5.41, 5.74) is -1.56. The zero-order valence-corrected chi connectivity index (χ0v) is 20.1. The zero-order chi connectivity index (χ0) is 25.2. The van der Waals surface area contributed by atoms with Crippen LogP contribution in [0.3, 0.4) is 0 Å². The lowest BCUT2D eigenvalue weighted by molar-refractivity contribution is -0.156. The fraction of sp³-hybridized carbons (Fsp3) is 0.357. The molecule has 0 saturated heterocycles. The van der Waals surface area contributed by atoms with Gasteiger partial charge < -0.3 is 44.0 Å². The van der Waals surface area contributed by atoms with Gasteiger partial charge in [0.2, 0.25) is 0 Å². The molecule has 0 bridgehead atoms. The van der Waals surface area contributed by atoms with Crippen LogP contribution in [0.5, 0.6) is 34.5 Å². The van der Waals surface area contributed by atoms with Crippen LogP contribution in [0, 0.1) is 0 Å². The van der Waals surface area contributed by atoms with Crippen LogP contribution < -0.4 is 33.7 Å². The van der Waals surface area contributed by atoms with E-state index in [1.807, 2.05) is 54.6 Å². The quantitative estimate of drug-likeness (QED) is 0.444. The lowest BCUT2D eigenvalue weighted by Crippen LogP contribution is -2.66. The number of ether oxygens (including phenoxy) is 6. The van der Waals surface area contributed by atoms with Crippen molar-refractivity contribution in [2.45, 2.75) is 30.0 Å². The minimum atomic E-state index is -1.56. The molecule has 1 unspecified atom stereocenters. The Bertz CT molecular complexity index is 1180. The van der Waals surface area contributed by atoms with Crippen LogP contribution in [0.25, 0.3) is 0 Å². The first kappa shape index (κ1) is 23.7. The molecule has 9 nitrogen and oxygen atoms in total. The van der Waals surface area contributed by atoms with Gasteiger partial charge in [-0.25, -0.2) is 0 Å². The molecule has 3 aliphatic heterocycles. The second-order valence-corrected chi connectivity index (χ2v) is 9.33. The van der Waals surface area contributed by atoms with Gasteiger partial charge in [0.05, 0.1) is 0 Å². The molecule has 3 aliphatic rings. The molecule has 9 heteroatoms. The predicted molar refractivity (Wildman–Crippen MR) is 133 cm³/mol. The molecule has 0 aliphatic carbocycles. The van der Waals surface area contributed by atoms with Crippen LogP contribution in [0.4, 0.5) is 0 Å². The lowest BCUT2D eigenvalue weighted by Gasteiger charge is -2.44. The fourth-order valence-electron chi connectivity index (χ4n) is 4.74. The van der Waals surface area contributed by atoms with Crippen molar-refractivity contribution < 1.29 is 38.6 Å². The first-order valence-corrected chi connectivity index (χ1v) is 12.4.